The lowest BCUT2D eigenvalue weighted by Gasteiger charge is -2.28. The summed E-state index contributed by atoms with van der Waals surface area (Å²) in [6, 6.07) is 9.38. The third kappa shape index (κ3) is 3.69. The molecule has 1 aromatic heterocycles. The van der Waals surface area contributed by atoms with Crippen LogP contribution in [0.15, 0.2) is 47.1 Å². The molecule has 5 nitrogen and oxygen atoms in total. The molecule has 1 aliphatic rings. The smallest absolute Gasteiger partial charge is 0.248 e. The highest BCUT2D eigenvalue weighted by molar-refractivity contribution is 6.01. The van der Waals surface area contributed by atoms with Gasteiger partial charge in [-0.25, -0.2) is 0 Å². The molecule has 0 bridgehead atoms. The van der Waals surface area contributed by atoms with Crippen LogP contribution in [0.3, 0.4) is 0 Å². The third-order valence-electron chi connectivity index (χ3n) is 3.87. The normalized spacial score (nSPS) is 13.9. The Hall–Kier alpha value is -2.82. The topological polar surface area (TPSA) is 62.6 Å². The zero-order valence-electron chi connectivity index (χ0n) is 12.9. The highest BCUT2D eigenvalue weighted by Crippen LogP contribution is 2.22. The number of fused-ring (bicyclic) bond motifs is 1. The van der Waals surface area contributed by atoms with Crippen LogP contribution in [-0.4, -0.2) is 23.3 Å². The van der Waals surface area contributed by atoms with Gasteiger partial charge < -0.3 is 14.6 Å². The largest absolute Gasteiger partial charge is 0.465 e. The van der Waals surface area contributed by atoms with E-state index in [-0.39, 0.29) is 11.8 Å². The van der Waals surface area contributed by atoms with Crippen molar-refractivity contribution in [3.63, 3.8) is 0 Å². The Morgan fingerprint density at radius 1 is 1.26 bits per heavy atom. The first-order valence-corrected chi connectivity index (χ1v) is 7.52. The standard InChI is InChI=1S/C18H18N2O3/c1-13(21)20-9-8-14-4-5-16(11-15(14)12-20)19-18(22)7-6-17-3-2-10-23-17/h2-7,10-11H,8-9,12H2,1H3,(H,19,22)/b7-6+. The van der Waals surface area contributed by atoms with Gasteiger partial charge in [0, 0.05) is 31.8 Å². The van der Waals surface area contributed by atoms with E-state index in [4.69, 9.17) is 4.42 Å². The maximum Gasteiger partial charge on any atom is 0.248 e. The molecule has 0 saturated heterocycles. The first-order valence-electron chi connectivity index (χ1n) is 7.52. The van der Waals surface area contributed by atoms with Crippen LogP contribution in [0.25, 0.3) is 6.08 Å². The lowest BCUT2D eigenvalue weighted by Crippen LogP contribution is -2.34. The van der Waals surface area contributed by atoms with Gasteiger partial charge in [-0.2, -0.15) is 0 Å². The Kier molecular flexibility index (Phi) is 4.28. The predicted molar refractivity (Wildman–Crippen MR) is 87.6 cm³/mol. The number of carbonyl (C=O) groups excluding carboxylic acids is 2. The van der Waals surface area contributed by atoms with E-state index in [1.54, 1.807) is 31.4 Å². The molecule has 5 heteroatoms. The minimum Gasteiger partial charge on any atom is -0.465 e. The van der Waals surface area contributed by atoms with Gasteiger partial charge in [-0.3, -0.25) is 9.59 Å². The van der Waals surface area contributed by atoms with Crippen LogP contribution < -0.4 is 5.32 Å². The van der Waals surface area contributed by atoms with Crippen LogP contribution in [0.4, 0.5) is 5.69 Å². The summed E-state index contributed by atoms with van der Waals surface area (Å²) in [7, 11) is 0. The summed E-state index contributed by atoms with van der Waals surface area (Å²) in [5.41, 5.74) is 3.04. The van der Waals surface area contributed by atoms with E-state index in [2.05, 4.69) is 5.32 Å². The molecule has 1 N–H and O–H groups in total. The predicted octanol–water partition coefficient (Wildman–Crippen LogP) is 2.84. The van der Waals surface area contributed by atoms with Gasteiger partial charge >= 0.3 is 0 Å². The number of hydrogen-bond donors (Lipinski definition) is 1. The molecule has 0 atom stereocenters. The van der Waals surface area contributed by atoms with Gasteiger partial charge in [-0.15, -0.1) is 0 Å². The molecule has 118 valence electrons. The molecule has 0 unspecified atom stereocenters. The Balaban J connectivity index is 1.68. The van der Waals surface area contributed by atoms with Crippen LogP contribution in [0.2, 0.25) is 0 Å². The van der Waals surface area contributed by atoms with Crippen LogP contribution in [0, 0.1) is 0 Å². The molecule has 0 fully saturated rings. The van der Waals surface area contributed by atoms with Gasteiger partial charge in [-0.05, 0) is 47.9 Å². The fraction of sp³-hybridized carbons (Fsp3) is 0.222. The van der Waals surface area contributed by atoms with Crippen molar-refractivity contribution in [2.24, 2.45) is 0 Å². The van der Waals surface area contributed by atoms with Crippen LogP contribution in [0.5, 0.6) is 0 Å². The second kappa shape index (κ2) is 6.52. The number of nitrogens with zero attached hydrogens (tertiary/aromatic N) is 1. The number of benzene rings is 1. The van der Waals surface area contributed by atoms with Crippen LogP contribution in [-0.2, 0) is 22.6 Å². The number of carbonyl (C=O) groups is 2. The first-order chi connectivity index (χ1) is 11.1. The lowest BCUT2D eigenvalue weighted by atomic mass is 9.99. The van der Waals surface area contributed by atoms with E-state index in [1.165, 1.54) is 11.6 Å². The fourth-order valence-electron chi connectivity index (χ4n) is 2.63. The molecule has 2 heterocycles. The molecule has 0 saturated carbocycles. The second-order valence-corrected chi connectivity index (χ2v) is 5.51. The molecule has 1 aliphatic heterocycles. The Bertz CT molecular complexity index is 748. The van der Waals surface area contributed by atoms with Crippen LogP contribution in [0.1, 0.15) is 23.8 Å². The van der Waals surface area contributed by atoms with E-state index >= 15 is 0 Å². The number of nitrogens with one attached hydrogen (secondary N) is 1. The first kappa shape index (κ1) is 15.1. The monoisotopic (exact) mass is 310 g/mol. The quantitative estimate of drug-likeness (QED) is 0.887. The maximum absolute atomic E-state index is 11.9. The number of furan rings is 1. The van der Waals surface area contributed by atoms with Gasteiger partial charge in [0.1, 0.15) is 5.76 Å². The van der Waals surface area contributed by atoms with E-state index in [9.17, 15) is 9.59 Å². The van der Waals surface area contributed by atoms with E-state index in [0.717, 1.165) is 24.2 Å². The van der Waals surface area contributed by atoms with Crippen molar-refractivity contribution in [2.75, 3.05) is 11.9 Å². The average molecular weight is 310 g/mol. The second-order valence-electron chi connectivity index (χ2n) is 5.51. The van der Waals surface area contributed by atoms with E-state index < -0.39 is 0 Å². The molecule has 23 heavy (non-hydrogen) atoms. The highest BCUT2D eigenvalue weighted by atomic mass is 16.3. The summed E-state index contributed by atoms with van der Waals surface area (Å²) in [5.74, 6) is 0.481. The van der Waals surface area contributed by atoms with Crippen molar-refractivity contribution in [1.29, 1.82) is 0 Å². The van der Waals surface area contributed by atoms with Crippen molar-refractivity contribution >= 4 is 23.6 Å². The van der Waals surface area contributed by atoms with Crippen molar-refractivity contribution in [3.8, 4) is 0 Å². The molecule has 3 rings (SSSR count). The maximum atomic E-state index is 11.9. The van der Waals surface area contributed by atoms with Crippen molar-refractivity contribution < 1.29 is 14.0 Å². The van der Waals surface area contributed by atoms with Gasteiger partial charge in [0.2, 0.25) is 11.8 Å². The molecular weight excluding hydrogens is 292 g/mol. The summed E-state index contributed by atoms with van der Waals surface area (Å²) in [6.45, 7) is 2.92. The zero-order chi connectivity index (χ0) is 16.2. The minimum absolute atomic E-state index is 0.0754. The number of anilines is 1. The van der Waals surface area contributed by atoms with Crippen molar-refractivity contribution in [3.05, 3.63) is 59.6 Å². The van der Waals surface area contributed by atoms with Crippen molar-refractivity contribution in [1.82, 2.24) is 4.90 Å². The molecule has 2 amide bonds. The van der Waals surface area contributed by atoms with Crippen molar-refractivity contribution in [2.45, 2.75) is 19.9 Å². The van der Waals surface area contributed by atoms with Gasteiger partial charge in [0.15, 0.2) is 0 Å². The van der Waals surface area contributed by atoms with Gasteiger partial charge in [0.05, 0.1) is 6.26 Å². The molecule has 1 aromatic carbocycles. The SMILES string of the molecule is CC(=O)N1CCc2ccc(NC(=O)/C=C/c3ccco3)cc2C1. The van der Waals surface area contributed by atoms with Gasteiger partial charge in [0.25, 0.3) is 0 Å². The molecule has 0 spiro atoms. The van der Waals surface area contributed by atoms with Crippen LogP contribution >= 0.6 is 0 Å². The number of rotatable bonds is 3. The minimum atomic E-state index is -0.222. The van der Waals surface area contributed by atoms with E-state index in [1.807, 2.05) is 23.1 Å². The fourth-order valence-corrected chi connectivity index (χ4v) is 2.63. The molecule has 2 aromatic rings. The molecular formula is C18H18N2O3. The Morgan fingerprint density at radius 2 is 2.13 bits per heavy atom. The summed E-state index contributed by atoms with van der Waals surface area (Å²) < 4.78 is 5.14. The summed E-state index contributed by atoms with van der Waals surface area (Å²) >= 11 is 0. The molecule has 0 aliphatic carbocycles. The average Bonchev–Trinajstić information content (AvgIpc) is 3.05. The number of hydrogen-bond acceptors (Lipinski definition) is 3. The summed E-state index contributed by atoms with van der Waals surface area (Å²) in [4.78, 5) is 25.3. The Morgan fingerprint density at radius 3 is 2.87 bits per heavy atom. The Labute approximate surface area is 134 Å². The summed E-state index contributed by atoms with van der Waals surface area (Å²) in [6.07, 6.45) is 5.45. The lowest BCUT2D eigenvalue weighted by molar-refractivity contribution is -0.129. The van der Waals surface area contributed by atoms with E-state index in [0.29, 0.717) is 12.3 Å². The van der Waals surface area contributed by atoms with Gasteiger partial charge in [-0.1, -0.05) is 6.07 Å². The highest BCUT2D eigenvalue weighted by Gasteiger charge is 2.18. The molecule has 0 radical (unpaired) electrons. The summed E-state index contributed by atoms with van der Waals surface area (Å²) in [5, 5.41) is 2.83. The zero-order valence-corrected chi connectivity index (χ0v) is 12.9. The third-order valence-corrected chi connectivity index (χ3v) is 3.87. The number of amides is 2.